The largest absolute Gasteiger partial charge is 0.490 e. The lowest BCUT2D eigenvalue weighted by atomic mass is 10.2. The lowest BCUT2D eigenvalue weighted by molar-refractivity contribution is -0.135. The summed E-state index contributed by atoms with van der Waals surface area (Å²) in [5.41, 5.74) is 2.29. The third-order valence-corrected chi connectivity index (χ3v) is 6.17. The number of methoxy groups -OCH3 is 1. The summed E-state index contributed by atoms with van der Waals surface area (Å²) in [4.78, 5) is 35.8. The molecule has 2 N–H and O–H groups in total. The molecule has 0 aliphatic carbocycles. The molecule has 1 aliphatic heterocycles. The van der Waals surface area contributed by atoms with Crippen LogP contribution in [0.2, 0.25) is 0 Å². The van der Waals surface area contributed by atoms with E-state index >= 15 is 0 Å². The van der Waals surface area contributed by atoms with Gasteiger partial charge in [-0.1, -0.05) is 18.2 Å². The van der Waals surface area contributed by atoms with E-state index in [0.717, 1.165) is 29.1 Å². The smallest absolute Gasteiger partial charge is 0.331 e. The van der Waals surface area contributed by atoms with Gasteiger partial charge < -0.3 is 19.5 Å². The first kappa shape index (κ1) is 27.0. The fourth-order valence-electron chi connectivity index (χ4n) is 2.86. The van der Waals surface area contributed by atoms with Crippen LogP contribution in [0.25, 0.3) is 0 Å². The van der Waals surface area contributed by atoms with E-state index in [0.29, 0.717) is 28.1 Å². The van der Waals surface area contributed by atoms with Crippen molar-refractivity contribution in [1.29, 1.82) is 0 Å². The summed E-state index contributed by atoms with van der Waals surface area (Å²) < 4.78 is 16.5. The van der Waals surface area contributed by atoms with Crippen LogP contribution in [0.15, 0.2) is 62.1 Å². The van der Waals surface area contributed by atoms with Crippen LogP contribution < -0.4 is 20.1 Å². The number of para-hydroxylation sites is 1. The van der Waals surface area contributed by atoms with Gasteiger partial charge in [-0.25, -0.2) is 4.79 Å². The standard InChI is InChI=1S/C24H23BrN4O6S/c1-4-34-18-9-15(12-26-29-24-28-23(32)20(36-24)11-22(31)33-3)16(25)10-19(18)35-13-21(30)27-17-8-6-5-7-14(17)2/h5-12H,4,13H2,1-3H3,(H,27,30)(H,28,29,32)/b20-11+,26-12?. The number of nitrogens with zero attached hydrogens (tertiary/aromatic N) is 2. The maximum Gasteiger partial charge on any atom is 0.331 e. The van der Waals surface area contributed by atoms with Crippen molar-refractivity contribution in [2.45, 2.75) is 13.8 Å². The number of hydrogen-bond donors (Lipinski definition) is 2. The molecule has 2 amide bonds. The summed E-state index contributed by atoms with van der Waals surface area (Å²) >= 11 is 4.43. The van der Waals surface area contributed by atoms with Crippen molar-refractivity contribution in [1.82, 2.24) is 5.32 Å². The van der Waals surface area contributed by atoms with Crippen molar-refractivity contribution in [3.05, 3.63) is 63.0 Å². The first-order valence-electron chi connectivity index (χ1n) is 10.6. The third-order valence-electron chi connectivity index (χ3n) is 4.59. The molecular formula is C24H23BrN4O6S. The number of anilines is 1. The summed E-state index contributed by atoms with van der Waals surface area (Å²) in [6.07, 6.45) is 2.54. The van der Waals surface area contributed by atoms with Gasteiger partial charge >= 0.3 is 5.97 Å². The van der Waals surface area contributed by atoms with Gasteiger partial charge in [-0.15, -0.1) is 5.10 Å². The molecule has 2 aromatic rings. The van der Waals surface area contributed by atoms with E-state index in [2.05, 4.69) is 41.5 Å². The number of halogens is 1. The van der Waals surface area contributed by atoms with E-state index in [1.54, 1.807) is 12.1 Å². The van der Waals surface area contributed by atoms with Gasteiger partial charge in [-0.2, -0.15) is 5.10 Å². The Morgan fingerprint density at radius 2 is 1.94 bits per heavy atom. The lowest BCUT2D eigenvalue weighted by Gasteiger charge is -2.14. The van der Waals surface area contributed by atoms with Crippen LogP contribution in [-0.2, 0) is 19.1 Å². The Bertz CT molecular complexity index is 1260. The van der Waals surface area contributed by atoms with Crippen LogP contribution >= 0.6 is 27.7 Å². The molecule has 1 saturated heterocycles. The topological polar surface area (TPSA) is 128 Å². The van der Waals surface area contributed by atoms with Gasteiger partial charge in [0.05, 0.1) is 24.8 Å². The van der Waals surface area contributed by atoms with Crippen LogP contribution in [0.4, 0.5) is 5.69 Å². The normalized spacial score (nSPS) is 15.3. The Morgan fingerprint density at radius 1 is 1.19 bits per heavy atom. The SMILES string of the molecule is CCOc1cc(C=N/N=C2/NC(=O)/C(=C\C(=O)OC)S2)c(Br)cc1OCC(=O)Nc1ccccc1C. The number of amidine groups is 1. The molecular weight excluding hydrogens is 552 g/mol. The molecule has 0 saturated carbocycles. The minimum atomic E-state index is -0.639. The number of ether oxygens (including phenoxy) is 3. The van der Waals surface area contributed by atoms with Crippen molar-refractivity contribution < 1.29 is 28.6 Å². The Kier molecular flexibility index (Phi) is 9.65. The fourth-order valence-corrected chi connectivity index (χ4v) is 4.02. The monoisotopic (exact) mass is 574 g/mol. The minimum Gasteiger partial charge on any atom is -0.490 e. The zero-order valence-corrected chi connectivity index (χ0v) is 22.1. The van der Waals surface area contributed by atoms with Crippen LogP contribution in [0.5, 0.6) is 11.5 Å². The summed E-state index contributed by atoms with van der Waals surface area (Å²) in [6, 6.07) is 10.8. The molecule has 0 aromatic heterocycles. The third kappa shape index (κ3) is 7.43. The van der Waals surface area contributed by atoms with Gasteiger partial charge in [0.15, 0.2) is 23.3 Å². The highest BCUT2D eigenvalue weighted by atomic mass is 79.9. The quantitative estimate of drug-likeness (QED) is 0.202. The molecule has 2 aromatic carbocycles. The second kappa shape index (κ2) is 12.9. The zero-order valence-electron chi connectivity index (χ0n) is 19.7. The Hall–Kier alpha value is -3.64. The average molecular weight is 575 g/mol. The molecule has 0 unspecified atom stereocenters. The van der Waals surface area contributed by atoms with E-state index in [1.807, 2.05) is 38.1 Å². The molecule has 12 heteroatoms. The van der Waals surface area contributed by atoms with E-state index in [-0.39, 0.29) is 22.6 Å². The summed E-state index contributed by atoms with van der Waals surface area (Å²) in [7, 11) is 1.22. The maximum absolute atomic E-state index is 12.4. The molecule has 1 fully saturated rings. The number of aryl methyl sites for hydroxylation is 1. The van der Waals surface area contributed by atoms with E-state index in [9.17, 15) is 14.4 Å². The number of nitrogens with one attached hydrogen (secondary N) is 2. The van der Waals surface area contributed by atoms with Crippen molar-refractivity contribution in [2.24, 2.45) is 10.2 Å². The Morgan fingerprint density at radius 3 is 2.67 bits per heavy atom. The fraction of sp³-hybridized carbons (Fsp3) is 0.208. The van der Waals surface area contributed by atoms with Gasteiger partial charge in [0.25, 0.3) is 11.8 Å². The van der Waals surface area contributed by atoms with Crippen molar-refractivity contribution in [2.75, 3.05) is 25.6 Å². The molecule has 0 bridgehead atoms. The van der Waals surface area contributed by atoms with Crippen molar-refractivity contribution in [3.8, 4) is 11.5 Å². The molecule has 1 aliphatic rings. The van der Waals surface area contributed by atoms with Crippen LogP contribution in [0, 0.1) is 6.92 Å². The predicted molar refractivity (Wildman–Crippen MR) is 141 cm³/mol. The van der Waals surface area contributed by atoms with Gasteiger partial charge in [0.1, 0.15) is 0 Å². The molecule has 36 heavy (non-hydrogen) atoms. The molecule has 10 nitrogen and oxygen atoms in total. The molecule has 0 spiro atoms. The Balaban J connectivity index is 1.69. The van der Waals surface area contributed by atoms with E-state index < -0.39 is 11.9 Å². The van der Waals surface area contributed by atoms with Crippen molar-refractivity contribution in [3.63, 3.8) is 0 Å². The maximum atomic E-state index is 12.4. The number of hydrogen-bond acceptors (Lipinski definition) is 9. The number of rotatable bonds is 9. The number of amides is 2. The predicted octanol–water partition coefficient (Wildman–Crippen LogP) is 3.78. The molecule has 188 valence electrons. The highest BCUT2D eigenvalue weighted by molar-refractivity contribution is 9.10. The number of esters is 1. The van der Waals surface area contributed by atoms with Gasteiger partial charge in [0.2, 0.25) is 0 Å². The molecule has 1 heterocycles. The second-order valence-corrected chi connectivity index (χ2v) is 9.03. The minimum absolute atomic E-state index is 0.156. The number of thioether (sulfide) groups is 1. The molecule has 3 rings (SSSR count). The van der Waals surface area contributed by atoms with Crippen LogP contribution in [-0.4, -0.2) is 49.5 Å². The number of benzene rings is 2. The number of carbonyl (C=O) groups is 3. The summed E-state index contributed by atoms with van der Waals surface area (Å²) in [5, 5.41) is 13.5. The first-order valence-corrected chi connectivity index (χ1v) is 12.3. The summed E-state index contributed by atoms with van der Waals surface area (Å²) in [5.74, 6) is -0.610. The van der Waals surface area contributed by atoms with Gasteiger partial charge in [-0.05, 0) is 65.3 Å². The Labute approximate surface area is 220 Å². The van der Waals surface area contributed by atoms with E-state index in [1.165, 1.54) is 13.3 Å². The summed E-state index contributed by atoms with van der Waals surface area (Å²) in [6.45, 7) is 3.91. The highest BCUT2D eigenvalue weighted by Gasteiger charge is 2.25. The van der Waals surface area contributed by atoms with E-state index in [4.69, 9.17) is 9.47 Å². The first-order chi connectivity index (χ1) is 17.3. The average Bonchev–Trinajstić information content (AvgIpc) is 3.19. The molecule has 0 radical (unpaired) electrons. The zero-order chi connectivity index (χ0) is 26.1. The second-order valence-electron chi connectivity index (χ2n) is 7.14. The van der Waals surface area contributed by atoms with Crippen molar-refractivity contribution >= 4 is 62.5 Å². The molecule has 0 atom stereocenters. The van der Waals surface area contributed by atoms with Gasteiger partial charge in [0, 0.05) is 21.8 Å². The number of carbonyl (C=O) groups excluding carboxylic acids is 3. The van der Waals surface area contributed by atoms with Crippen LogP contribution in [0.1, 0.15) is 18.1 Å². The highest BCUT2D eigenvalue weighted by Crippen LogP contribution is 2.33. The van der Waals surface area contributed by atoms with Gasteiger partial charge in [-0.3, -0.25) is 14.9 Å². The lowest BCUT2D eigenvalue weighted by Crippen LogP contribution is -2.21. The van der Waals surface area contributed by atoms with Crippen LogP contribution in [0.3, 0.4) is 0 Å².